The highest BCUT2D eigenvalue weighted by Crippen LogP contribution is 2.36. The Morgan fingerprint density at radius 2 is 1.83 bits per heavy atom. The van der Waals surface area contributed by atoms with E-state index in [0.717, 1.165) is 37.4 Å². The summed E-state index contributed by atoms with van der Waals surface area (Å²) in [5, 5.41) is 0. The zero-order valence-electron chi connectivity index (χ0n) is 19.5. The largest absolute Gasteiger partial charge is 0.573 e. The lowest BCUT2D eigenvalue weighted by molar-refractivity contribution is -0.274. The van der Waals surface area contributed by atoms with Gasteiger partial charge in [-0.25, -0.2) is 0 Å². The Morgan fingerprint density at radius 3 is 2.50 bits per heavy atom. The highest BCUT2D eigenvalue weighted by molar-refractivity contribution is 7.99. The van der Waals surface area contributed by atoms with E-state index >= 15 is 0 Å². The van der Waals surface area contributed by atoms with Crippen LogP contribution in [0.5, 0.6) is 5.75 Å². The Morgan fingerprint density at radius 1 is 1.14 bits per heavy atom. The summed E-state index contributed by atoms with van der Waals surface area (Å²) >= 11 is 1.44. The molecule has 11 heteroatoms. The topological polar surface area (TPSA) is 81.9 Å². The highest BCUT2D eigenvalue weighted by Gasteiger charge is 2.32. The van der Waals surface area contributed by atoms with Gasteiger partial charge in [0, 0.05) is 35.8 Å². The Balaban J connectivity index is 0.00000361. The number of alkyl halides is 3. The van der Waals surface area contributed by atoms with Crippen LogP contribution in [0.15, 0.2) is 47.4 Å². The van der Waals surface area contributed by atoms with E-state index in [-0.39, 0.29) is 36.4 Å². The minimum Gasteiger partial charge on any atom is -0.406 e. The highest BCUT2D eigenvalue weighted by atomic mass is 35.5. The van der Waals surface area contributed by atoms with Crippen LogP contribution in [0, 0.1) is 5.92 Å². The van der Waals surface area contributed by atoms with Crippen LogP contribution in [0.4, 0.5) is 18.9 Å². The van der Waals surface area contributed by atoms with Crippen LogP contribution in [0.1, 0.15) is 41.6 Å². The predicted molar refractivity (Wildman–Crippen MR) is 134 cm³/mol. The molecule has 0 radical (unpaired) electrons. The molecule has 2 N–H and O–H groups in total. The number of halogens is 4. The van der Waals surface area contributed by atoms with E-state index < -0.39 is 12.4 Å². The van der Waals surface area contributed by atoms with E-state index in [4.69, 9.17) is 10.5 Å². The predicted octanol–water partition coefficient (Wildman–Crippen LogP) is 5.36. The van der Waals surface area contributed by atoms with Crippen molar-refractivity contribution in [3.63, 3.8) is 0 Å². The van der Waals surface area contributed by atoms with Crippen LogP contribution < -0.4 is 15.4 Å². The summed E-state index contributed by atoms with van der Waals surface area (Å²) in [6.07, 6.45) is -1.64. The average Bonchev–Trinajstić information content (AvgIpc) is 2.95. The van der Waals surface area contributed by atoms with Crippen molar-refractivity contribution < 1.29 is 32.2 Å². The molecule has 6 nitrogen and oxygen atoms in total. The third kappa shape index (κ3) is 7.38. The minimum atomic E-state index is -4.78. The van der Waals surface area contributed by atoms with Crippen LogP contribution in [0.2, 0.25) is 0 Å². The number of thioether (sulfide) groups is 1. The van der Waals surface area contributed by atoms with Gasteiger partial charge in [0.2, 0.25) is 5.91 Å². The van der Waals surface area contributed by atoms with Gasteiger partial charge in [-0.1, -0.05) is 18.2 Å². The molecular formula is C25H28ClF3N2O4S. The average molecular weight is 545 g/mol. The van der Waals surface area contributed by atoms with Gasteiger partial charge in [-0.05, 0) is 55.0 Å². The number of Topliss-reactive ketones (excluding diaryl/α,β-unsaturated/α-hetero) is 1. The smallest absolute Gasteiger partial charge is 0.406 e. The molecule has 1 amide bonds. The van der Waals surface area contributed by atoms with Crippen molar-refractivity contribution in [3.8, 4) is 5.75 Å². The number of hydrogen-bond acceptors (Lipinski definition) is 6. The Bertz CT molecular complexity index is 1060. The van der Waals surface area contributed by atoms with Crippen molar-refractivity contribution in [2.75, 3.05) is 23.9 Å². The van der Waals surface area contributed by atoms with E-state index in [1.165, 1.54) is 40.9 Å². The van der Waals surface area contributed by atoms with Gasteiger partial charge in [0.15, 0.2) is 5.78 Å². The van der Waals surface area contributed by atoms with Gasteiger partial charge in [0.1, 0.15) is 5.75 Å². The van der Waals surface area contributed by atoms with Crippen molar-refractivity contribution in [1.82, 2.24) is 0 Å². The summed E-state index contributed by atoms with van der Waals surface area (Å²) in [4.78, 5) is 28.4. The minimum absolute atomic E-state index is 0. The number of ketones is 1. The van der Waals surface area contributed by atoms with Gasteiger partial charge in [-0.2, -0.15) is 0 Å². The number of nitrogens with two attached hydrogens (primary N) is 1. The van der Waals surface area contributed by atoms with E-state index in [0.29, 0.717) is 34.9 Å². The lowest BCUT2D eigenvalue weighted by atomic mass is 9.92. The monoisotopic (exact) mass is 544 g/mol. The summed E-state index contributed by atoms with van der Waals surface area (Å²) in [5.74, 6) is 0.230. The van der Waals surface area contributed by atoms with E-state index in [1.807, 2.05) is 6.07 Å². The zero-order chi connectivity index (χ0) is 25.0. The summed E-state index contributed by atoms with van der Waals surface area (Å²) < 4.78 is 46.7. The van der Waals surface area contributed by atoms with Crippen LogP contribution in [0.3, 0.4) is 0 Å². The number of carbonyl (C=O) groups is 2. The first-order chi connectivity index (χ1) is 16.7. The molecule has 1 atom stereocenters. The summed E-state index contributed by atoms with van der Waals surface area (Å²) in [6, 6.07) is 9.95. The Kier molecular flexibility index (Phi) is 9.68. The zero-order valence-corrected chi connectivity index (χ0v) is 21.1. The molecule has 0 spiro atoms. The normalized spacial score (nSPS) is 18.7. The fraction of sp³-hybridized carbons (Fsp3) is 0.440. The van der Waals surface area contributed by atoms with Crippen molar-refractivity contribution in [2.24, 2.45) is 11.7 Å². The standard InChI is InChI=1S/C25H27F3N2O4S.ClH/c26-25(27,28)34-19-5-1-17(2-6-19)14-30-21-13-18(4-8-23(21)35-15-20(29)24(30)32)22(31)7-3-16-9-11-33-12-10-16;/h1-2,4-6,8,13,16,20H,3,7,9-12,14-15,29H2;1H/t20-;/m0./s1. The van der Waals surface area contributed by atoms with E-state index in [9.17, 15) is 22.8 Å². The second kappa shape index (κ2) is 12.3. The molecule has 2 heterocycles. The molecule has 1 fully saturated rings. The lowest BCUT2D eigenvalue weighted by Crippen LogP contribution is -2.44. The number of benzene rings is 2. The molecule has 2 aliphatic heterocycles. The molecule has 0 bridgehead atoms. The molecule has 0 saturated carbocycles. The first-order valence-electron chi connectivity index (χ1n) is 11.5. The maximum Gasteiger partial charge on any atom is 0.573 e. The molecule has 2 aromatic carbocycles. The number of amides is 1. The first kappa shape index (κ1) is 28.3. The Labute approximate surface area is 218 Å². The van der Waals surface area contributed by atoms with Gasteiger partial charge in [-0.15, -0.1) is 37.3 Å². The van der Waals surface area contributed by atoms with Crippen molar-refractivity contribution >= 4 is 41.5 Å². The summed E-state index contributed by atoms with van der Waals surface area (Å²) in [6.45, 7) is 1.57. The number of hydrogen-bond donors (Lipinski definition) is 1. The summed E-state index contributed by atoms with van der Waals surface area (Å²) in [5.41, 5.74) is 7.81. The molecule has 1 saturated heterocycles. The molecule has 2 aromatic rings. The van der Waals surface area contributed by atoms with Crippen LogP contribution in [-0.2, 0) is 16.1 Å². The van der Waals surface area contributed by atoms with Gasteiger partial charge >= 0.3 is 6.36 Å². The lowest BCUT2D eigenvalue weighted by Gasteiger charge is -2.25. The first-order valence-corrected chi connectivity index (χ1v) is 12.5. The molecule has 0 unspecified atom stereocenters. The number of carbonyl (C=O) groups excluding carboxylic acids is 2. The SMILES string of the molecule is Cl.N[C@H]1CSc2ccc(C(=O)CCC3CCOCC3)cc2N(Cc2ccc(OC(F)(F)F)cc2)C1=O. The third-order valence-corrected chi connectivity index (χ3v) is 7.37. The maximum absolute atomic E-state index is 13.1. The van der Waals surface area contributed by atoms with E-state index in [2.05, 4.69) is 4.74 Å². The fourth-order valence-electron chi connectivity index (χ4n) is 4.25. The quantitative estimate of drug-likeness (QED) is 0.472. The maximum atomic E-state index is 13.1. The molecule has 2 aliphatic rings. The number of anilines is 1. The number of fused-ring (bicyclic) bond motifs is 1. The molecule has 36 heavy (non-hydrogen) atoms. The van der Waals surface area contributed by atoms with Crippen LogP contribution in [0.25, 0.3) is 0 Å². The second-order valence-electron chi connectivity index (χ2n) is 8.73. The summed E-state index contributed by atoms with van der Waals surface area (Å²) in [7, 11) is 0. The van der Waals surface area contributed by atoms with Crippen LogP contribution >= 0.6 is 24.2 Å². The number of rotatable bonds is 7. The van der Waals surface area contributed by atoms with Crippen molar-refractivity contribution in [1.29, 1.82) is 0 Å². The molecule has 196 valence electrons. The Hall–Kier alpha value is -2.27. The third-order valence-electron chi connectivity index (χ3n) is 6.19. The van der Waals surface area contributed by atoms with Gasteiger partial charge < -0.3 is 20.1 Å². The van der Waals surface area contributed by atoms with Gasteiger partial charge in [-0.3, -0.25) is 9.59 Å². The van der Waals surface area contributed by atoms with Crippen molar-refractivity contribution in [3.05, 3.63) is 53.6 Å². The molecular weight excluding hydrogens is 517 g/mol. The second-order valence-corrected chi connectivity index (χ2v) is 9.80. The van der Waals surface area contributed by atoms with Crippen LogP contribution in [-0.4, -0.2) is 43.1 Å². The van der Waals surface area contributed by atoms with Gasteiger partial charge in [0.25, 0.3) is 0 Å². The van der Waals surface area contributed by atoms with E-state index in [1.54, 1.807) is 12.1 Å². The number of nitrogens with zero attached hydrogens (tertiary/aromatic N) is 1. The van der Waals surface area contributed by atoms with Crippen molar-refractivity contribution in [2.45, 2.75) is 49.5 Å². The fourth-order valence-corrected chi connectivity index (χ4v) is 5.23. The van der Waals surface area contributed by atoms with Gasteiger partial charge in [0.05, 0.1) is 18.3 Å². The molecule has 0 aromatic heterocycles. The number of ether oxygens (including phenoxy) is 2. The molecule has 4 rings (SSSR count). The molecule has 0 aliphatic carbocycles.